The van der Waals surface area contributed by atoms with Gasteiger partial charge in [-0.2, -0.15) is 0 Å². The van der Waals surface area contributed by atoms with E-state index in [-0.39, 0.29) is 6.10 Å². The molecule has 1 saturated carbocycles. The van der Waals surface area contributed by atoms with E-state index in [0.29, 0.717) is 37.6 Å². The van der Waals surface area contributed by atoms with Gasteiger partial charge < -0.3 is 19.3 Å². The van der Waals surface area contributed by atoms with Gasteiger partial charge in [-0.15, -0.1) is 0 Å². The summed E-state index contributed by atoms with van der Waals surface area (Å²) >= 11 is 0. The van der Waals surface area contributed by atoms with Crippen LogP contribution in [0.15, 0.2) is 18.2 Å². The Kier molecular flexibility index (Phi) is 3.76. The van der Waals surface area contributed by atoms with E-state index in [1.165, 1.54) is 0 Å². The van der Waals surface area contributed by atoms with Crippen LogP contribution in [0.1, 0.15) is 31.2 Å². The van der Waals surface area contributed by atoms with Crippen molar-refractivity contribution < 1.29 is 24.1 Å². The predicted octanol–water partition coefficient (Wildman–Crippen LogP) is 2.37. The number of carboxylic acids is 1. The number of aliphatic carboxylic acids is 1. The van der Waals surface area contributed by atoms with Crippen molar-refractivity contribution in [3.63, 3.8) is 0 Å². The van der Waals surface area contributed by atoms with E-state index < -0.39 is 11.4 Å². The second-order valence-corrected chi connectivity index (χ2v) is 5.68. The second kappa shape index (κ2) is 5.56. The van der Waals surface area contributed by atoms with Gasteiger partial charge in [0.05, 0.1) is 25.7 Å². The van der Waals surface area contributed by atoms with Gasteiger partial charge in [-0.25, -0.2) is 0 Å². The molecule has 5 heteroatoms. The van der Waals surface area contributed by atoms with Crippen LogP contribution in [0.5, 0.6) is 11.5 Å². The van der Waals surface area contributed by atoms with E-state index in [2.05, 4.69) is 0 Å². The molecule has 0 amide bonds. The van der Waals surface area contributed by atoms with Gasteiger partial charge in [0.15, 0.2) is 11.5 Å². The van der Waals surface area contributed by atoms with Crippen LogP contribution in [0.2, 0.25) is 0 Å². The predicted molar refractivity (Wildman–Crippen MR) is 76.0 cm³/mol. The van der Waals surface area contributed by atoms with E-state index in [1.54, 1.807) is 7.11 Å². The maximum absolute atomic E-state index is 11.8. The van der Waals surface area contributed by atoms with Crippen molar-refractivity contribution in [1.29, 1.82) is 0 Å². The molecule has 1 atom stereocenters. The van der Waals surface area contributed by atoms with Crippen LogP contribution in [0, 0.1) is 0 Å². The number of ether oxygens (including phenoxy) is 3. The van der Waals surface area contributed by atoms with Crippen LogP contribution >= 0.6 is 0 Å². The number of benzene rings is 1. The molecular formula is C16H20O5. The molecule has 1 unspecified atom stereocenters. The summed E-state index contributed by atoms with van der Waals surface area (Å²) in [4.78, 5) is 11.8. The summed E-state index contributed by atoms with van der Waals surface area (Å²) in [5.41, 5.74) is -0.101. The Hall–Kier alpha value is -1.75. The van der Waals surface area contributed by atoms with Crippen molar-refractivity contribution in [3.8, 4) is 11.5 Å². The molecule has 0 radical (unpaired) electrons. The normalized spacial score (nSPS) is 23.4. The quantitative estimate of drug-likeness (QED) is 0.902. The number of hydrogen-bond acceptors (Lipinski definition) is 4. The third-order valence-corrected chi connectivity index (χ3v) is 4.50. The summed E-state index contributed by atoms with van der Waals surface area (Å²) in [6, 6.07) is 5.49. The average molecular weight is 292 g/mol. The van der Waals surface area contributed by atoms with Gasteiger partial charge in [0.25, 0.3) is 0 Å². The molecule has 1 aromatic rings. The van der Waals surface area contributed by atoms with Crippen LogP contribution in [0.25, 0.3) is 0 Å². The van der Waals surface area contributed by atoms with Crippen molar-refractivity contribution in [1.82, 2.24) is 0 Å². The zero-order chi connectivity index (χ0) is 14.9. The smallest absolute Gasteiger partial charge is 0.314 e. The number of methoxy groups -OCH3 is 1. The Bertz CT molecular complexity index is 529. The van der Waals surface area contributed by atoms with Gasteiger partial charge >= 0.3 is 5.97 Å². The van der Waals surface area contributed by atoms with Crippen molar-refractivity contribution in [2.75, 3.05) is 20.3 Å². The minimum atomic E-state index is -0.830. The monoisotopic (exact) mass is 292 g/mol. The zero-order valence-corrected chi connectivity index (χ0v) is 12.1. The number of para-hydroxylation sites is 1. The molecule has 1 aromatic carbocycles. The Morgan fingerprint density at radius 1 is 1.43 bits per heavy atom. The molecule has 0 bridgehead atoms. The van der Waals surface area contributed by atoms with E-state index >= 15 is 0 Å². The molecule has 114 valence electrons. The first-order valence-corrected chi connectivity index (χ1v) is 7.32. The Morgan fingerprint density at radius 2 is 2.24 bits per heavy atom. The first-order valence-electron chi connectivity index (χ1n) is 7.32. The lowest BCUT2D eigenvalue weighted by Crippen LogP contribution is -2.42. The third-order valence-electron chi connectivity index (χ3n) is 4.50. The molecule has 21 heavy (non-hydrogen) atoms. The molecule has 5 nitrogen and oxygen atoms in total. The van der Waals surface area contributed by atoms with E-state index in [0.717, 1.165) is 18.4 Å². The molecule has 2 fully saturated rings. The number of carbonyl (C=O) groups is 1. The van der Waals surface area contributed by atoms with Crippen LogP contribution in [0.3, 0.4) is 0 Å². The molecule has 1 aliphatic carbocycles. The van der Waals surface area contributed by atoms with E-state index in [1.807, 2.05) is 18.2 Å². The summed E-state index contributed by atoms with van der Waals surface area (Å²) < 4.78 is 16.8. The SMILES string of the molecule is COc1cccc(C2(C(=O)O)CCC2)c1OC1CCOC1. The average Bonchev–Trinajstić information content (AvgIpc) is 2.91. The van der Waals surface area contributed by atoms with Crippen LogP contribution < -0.4 is 9.47 Å². The minimum Gasteiger partial charge on any atom is -0.493 e. The molecule has 3 rings (SSSR count). The van der Waals surface area contributed by atoms with Crippen molar-refractivity contribution in [2.24, 2.45) is 0 Å². The molecule has 2 aliphatic rings. The van der Waals surface area contributed by atoms with Crippen molar-refractivity contribution in [3.05, 3.63) is 23.8 Å². The topological polar surface area (TPSA) is 65.0 Å². The van der Waals surface area contributed by atoms with E-state index in [4.69, 9.17) is 14.2 Å². The fraction of sp³-hybridized carbons (Fsp3) is 0.562. The highest BCUT2D eigenvalue weighted by atomic mass is 16.6. The highest BCUT2D eigenvalue weighted by molar-refractivity contribution is 5.84. The number of carboxylic acid groups (broad SMARTS) is 1. The molecule has 1 heterocycles. The highest BCUT2D eigenvalue weighted by Crippen LogP contribution is 2.50. The fourth-order valence-corrected chi connectivity index (χ4v) is 3.08. The van der Waals surface area contributed by atoms with Gasteiger partial charge in [-0.1, -0.05) is 18.6 Å². The fourth-order valence-electron chi connectivity index (χ4n) is 3.08. The third kappa shape index (κ3) is 2.35. The number of rotatable bonds is 5. The Morgan fingerprint density at radius 3 is 2.76 bits per heavy atom. The van der Waals surface area contributed by atoms with Crippen molar-refractivity contribution >= 4 is 5.97 Å². The standard InChI is InChI=1S/C16H20O5/c1-19-13-5-2-4-12(16(15(17)18)7-3-8-16)14(13)21-11-6-9-20-10-11/h2,4-5,11H,3,6-10H2,1H3,(H,17,18). The lowest BCUT2D eigenvalue weighted by molar-refractivity contribution is -0.147. The second-order valence-electron chi connectivity index (χ2n) is 5.68. The largest absolute Gasteiger partial charge is 0.493 e. The summed E-state index contributed by atoms with van der Waals surface area (Å²) in [6.07, 6.45) is 3.00. The molecule has 1 saturated heterocycles. The van der Waals surface area contributed by atoms with Gasteiger partial charge in [-0.05, 0) is 18.9 Å². The Balaban J connectivity index is 2.00. The van der Waals surface area contributed by atoms with Crippen LogP contribution in [0.4, 0.5) is 0 Å². The van der Waals surface area contributed by atoms with Crippen molar-refractivity contribution in [2.45, 2.75) is 37.2 Å². The first kappa shape index (κ1) is 14.2. The molecular weight excluding hydrogens is 272 g/mol. The van der Waals surface area contributed by atoms with Gasteiger partial charge in [-0.3, -0.25) is 4.79 Å². The lowest BCUT2D eigenvalue weighted by Gasteiger charge is -2.39. The highest BCUT2D eigenvalue weighted by Gasteiger charge is 2.48. The first-order chi connectivity index (χ1) is 10.2. The minimum absolute atomic E-state index is 0.0361. The van der Waals surface area contributed by atoms with E-state index in [9.17, 15) is 9.90 Å². The maximum atomic E-state index is 11.8. The number of hydrogen-bond donors (Lipinski definition) is 1. The van der Waals surface area contributed by atoms with Crippen LogP contribution in [-0.2, 0) is 14.9 Å². The summed E-state index contributed by atoms with van der Waals surface area (Å²) in [5, 5.41) is 9.67. The lowest BCUT2D eigenvalue weighted by atomic mass is 9.64. The van der Waals surface area contributed by atoms with Gasteiger partial charge in [0.2, 0.25) is 0 Å². The molecule has 1 aliphatic heterocycles. The molecule has 0 aromatic heterocycles. The molecule has 0 spiro atoms. The maximum Gasteiger partial charge on any atom is 0.314 e. The van der Waals surface area contributed by atoms with Crippen LogP contribution in [-0.4, -0.2) is 37.5 Å². The summed E-state index contributed by atoms with van der Waals surface area (Å²) in [5.74, 6) is 0.374. The van der Waals surface area contributed by atoms with Gasteiger partial charge in [0.1, 0.15) is 6.10 Å². The van der Waals surface area contributed by atoms with Gasteiger partial charge in [0, 0.05) is 12.0 Å². The zero-order valence-electron chi connectivity index (χ0n) is 12.1. The summed E-state index contributed by atoms with van der Waals surface area (Å²) in [7, 11) is 1.57. The summed E-state index contributed by atoms with van der Waals surface area (Å²) in [6.45, 7) is 1.22. The molecule has 1 N–H and O–H groups in total. The Labute approximate surface area is 123 Å².